The summed E-state index contributed by atoms with van der Waals surface area (Å²) in [5.41, 5.74) is 1.51. The van der Waals surface area contributed by atoms with Crippen molar-refractivity contribution >= 4 is 7.82 Å². The average Bonchev–Trinajstić information content (AvgIpc) is 2.27. The van der Waals surface area contributed by atoms with Gasteiger partial charge in [-0.2, -0.15) is 0 Å². The zero-order valence-electron chi connectivity index (χ0n) is 10.9. The van der Waals surface area contributed by atoms with Crippen molar-refractivity contribution in [2.75, 3.05) is 0 Å². The number of hydrogen-bond acceptors (Lipinski definition) is 3. The van der Waals surface area contributed by atoms with E-state index in [2.05, 4.69) is 4.73 Å². The van der Waals surface area contributed by atoms with Gasteiger partial charge in [0.2, 0.25) is 0 Å². The Bertz CT molecular complexity index is 468. The third-order valence-corrected chi connectivity index (χ3v) is 3.16. The summed E-state index contributed by atoms with van der Waals surface area (Å²) < 4.78 is 30.7. The number of benzene rings is 1. The molecule has 4 nitrogen and oxygen atoms in total. The van der Waals surface area contributed by atoms with Crippen LogP contribution in [0.1, 0.15) is 38.8 Å². The van der Waals surface area contributed by atoms with E-state index in [9.17, 15) is 9.09 Å². The molecule has 0 aliphatic rings. The van der Waals surface area contributed by atoms with Gasteiger partial charge >= 0.3 is 7.82 Å². The monoisotopic (exact) mass is 276 g/mol. The van der Waals surface area contributed by atoms with E-state index in [-0.39, 0.29) is 11.2 Å². The summed E-state index contributed by atoms with van der Waals surface area (Å²) in [6.07, 6.45) is 0.833. The van der Waals surface area contributed by atoms with Crippen molar-refractivity contribution in [1.29, 1.82) is 0 Å². The molecule has 1 aromatic carbocycles. The maximum atomic E-state index is 11.9. The molecule has 0 saturated carbocycles. The van der Waals surface area contributed by atoms with E-state index in [0.29, 0.717) is 0 Å². The lowest BCUT2D eigenvalue weighted by Gasteiger charge is -2.23. The summed E-state index contributed by atoms with van der Waals surface area (Å²) in [5, 5.41) is 0. The quantitative estimate of drug-likeness (QED) is 0.846. The second-order valence-corrected chi connectivity index (χ2v) is 6.32. The SMILES string of the molecule is CCc1ccc(OP(=O)(O)OF)c(C(C)(C)C)c1. The summed E-state index contributed by atoms with van der Waals surface area (Å²) >= 11 is 0. The maximum Gasteiger partial charge on any atom is 0.559 e. The highest BCUT2D eigenvalue weighted by Crippen LogP contribution is 2.47. The maximum absolute atomic E-state index is 11.9. The molecular weight excluding hydrogens is 258 g/mol. The highest BCUT2D eigenvalue weighted by Gasteiger charge is 2.28. The highest BCUT2D eigenvalue weighted by atomic mass is 31.2. The Morgan fingerprint density at radius 3 is 2.44 bits per heavy atom. The standard InChI is InChI=1S/C12H18FO4P/c1-5-9-6-7-11(16-18(14,15)17-13)10(8-9)12(2,3)4/h6-8H,5H2,1-4H3,(H,14,15). The zero-order chi connectivity index (χ0) is 14.0. The molecular formula is C12H18FO4P. The molecule has 102 valence electrons. The molecule has 1 atom stereocenters. The van der Waals surface area contributed by atoms with E-state index in [4.69, 9.17) is 9.42 Å². The summed E-state index contributed by atoms with van der Waals surface area (Å²) in [5.74, 6) is 0.156. The zero-order valence-corrected chi connectivity index (χ0v) is 11.8. The molecule has 0 aliphatic carbocycles. The van der Waals surface area contributed by atoms with E-state index in [0.717, 1.165) is 17.5 Å². The predicted octanol–water partition coefficient (Wildman–Crippen LogP) is 3.93. The topological polar surface area (TPSA) is 55.8 Å². The van der Waals surface area contributed by atoms with Gasteiger partial charge in [-0.1, -0.05) is 44.6 Å². The van der Waals surface area contributed by atoms with Crippen LogP contribution in [0.2, 0.25) is 0 Å². The van der Waals surface area contributed by atoms with Crippen LogP contribution in [-0.2, 0) is 21.1 Å². The first kappa shape index (κ1) is 15.2. The normalized spacial score (nSPS) is 15.2. The van der Waals surface area contributed by atoms with E-state index < -0.39 is 7.82 Å². The molecule has 0 spiro atoms. The first-order valence-corrected chi connectivity index (χ1v) is 7.15. The third kappa shape index (κ3) is 3.80. The van der Waals surface area contributed by atoms with Crippen LogP contribution in [0.15, 0.2) is 18.2 Å². The van der Waals surface area contributed by atoms with Gasteiger partial charge in [-0.05, 0) is 28.0 Å². The molecule has 1 rings (SSSR count). The lowest BCUT2D eigenvalue weighted by atomic mass is 9.85. The largest absolute Gasteiger partial charge is 0.559 e. The van der Waals surface area contributed by atoms with Gasteiger partial charge in [-0.25, -0.2) is 4.57 Å². The molecule has 0 amide bonds. The smallest absolute Gasteiger partial charge is 0.402 e. The van der Waals surface area contributed by atoms with Crippen LogP contribution in [0.4, 0.5) is 4.53 Å². The molecule has 0 bridgehead atoms. The molecule has 0 aromatic heterocycles. The van der Waals surface area contributed by atoms with Crippen LogP contribution < -0.4 is 4.52 Å². The fourth-order valence-corrected chi connectivity index (χ4v) is 2.04. The fourth-order valence-electron chi connectivity index (χ4n) is 1.60. The average molecular weight is 276 g/mol. The number of phosphoric ester groups is 1. The molecule has 0 radical (unpaired) electrons. The molecule has 18 heavy (non-hydrogen) atoms. The minimum atomic E-state index is -4.68. The fraction of sp³-hybridized carbons (Fsp3) is 0.500. The van der Waals surface area contributed by atoms with Crippen molar-refractivity contribution in [1.82, 2.24) is 0 Å². The van der Waals surface area contributed by atoms with E-state index in [1.807, 2.05) is 33.8 Å². The molecule has 6 heteroatoms. The van der Waals surface area contributed by atoms with Gasteiger partial charge in [0.25, 0.3) is 0 Å². The molecule has 0 heterocycles. The molecule has 0 aliphatic heterocycles. The van der Waals surface area contributed by atoms with Crippen LogP contribution in [0.3, 0.4) is 0 Å². The minimum absolute atomic E-state index is 0.156. The van der Waals surface area contributed by atoms with Crippen LogP contribution in [0, 0.1) is 0 Å². The molecule has 0 saturated heterocycles. The minimum Gasteiger partial charge on any atom is -0.402 e. The highest BCUT2D eigenvalue weighted by molar-refractivity contribution is 7.47. The van der Waals surface area contributed by atoms with Gasteiger partial charge in [-0.3, -0.25) is 4.89 Å². The van der Waals surface area contributed by atoms with Crippen molar-refractivity contribution in [2.45, 2.75) is 39.5 Å². The predicted molar refractivity (Wildman–Crippen MR) is 67.2 cm³/mol. The van der Waals surface area contributed by atoms with Gasteiger partial charge in [0.1, 0.15) is 5.75 Å². The summed E-state index contributed by atoms with van der Waals surface area (Å²) in [4.78, 5) is 9.03. The number of rotatable bonds is 4. The number of aryl methyl sites for hydroxylation is 1. The van der Waals surface area contributed by atoms with Crippen molar-refractivity contribution in [3.63, 3.8) is 0 Å². The lowest BCUT2D eigenvalue weighted by molar-refractivity contribution is -0.0364. The van der Waals surface area contributed by atoms with Crippen LogP contribution >= 0.6 is 7.82 Å². The van der Waals surface area contributed by atoms with Crippen LogP contribution in [0.25, 0.3) is 0 Å². The first-order chi connectivity index (χ1) is 8.19. The molecule has 0 fully saturated rings. The Morgan fingerprint density at radius 2 is 2.00 bits per heavy atom. The van der Waals surface area contributed by atoms with E-state index >= 15 is 0 Å². The van der Waals surface area contributed by atoms with Gasteiger partial charge in [0.05, 0.1) is 0 Å². The van der Waals surface area contributed by atoms with Crippen molar-refractivity contribution in [3.8, 4) is 5.75 Å². The van der Waals surface area contributed by atoms with Gasteiger partial charge in [-0.15, -0.1) is 0 Å². The Labute approximate surface area is 106 Å². The first-order valence-electron chi connectivity index (χ1n) is 5.65. The Kier molecular flexibility index (Phi) is 4.54. The number of phosphoric acid groups is 1. The summed E-state index contributed by atoms with van der Waals surface area (Å²) in [6.45, 7) is 7.82. The summed E-state index contributed by atoms with van der Waals surface area (Å²) in [6, 6.07) is 5.21. The van der Waals surface area contributed by atoms with Crippen molar-refractivity contribution < 1.29 is 23.2 Å². The lowest BCUT2D eigenvalue weighted by Crippen LogP contribution is -2.13. The van der Waals surface area contributed by atoms with Crippen LogP contribution in [-0.4, -0.2) is 4.89 Å². The van der Waals surface area contributed by atoms with Gasteiger partial charge in [0, 0.05) is 5.56 Å². The Hall–Kier alpha value is -0.900. The van der Waals surface area contributed by atoms with Crippen LogP contribution in [0.5, 0.6) is 5.75 Å². The Balaban J connectivity index is 3.23. The third-order valence-electron chi connectivity index (χ3n) is 2.56. The van der Waals surface area contributed by atoms with Crippen molar-refractivity contribution in [2.24, 2.45) is 0 Å². The van der Waals surface area contributed by atoms with Gasteiger partial charge in [0.15, 0.2) is 0 Å². The number of hydrogen-bond donors (Lipinski definition) is 1. The molecule has 1 unspecified atom stereocenters. The molecule has 1 aromatic rings. The van der Waals surface area contributed by atoms with Crippen molar-refractivity contribution in [3.05, 3.63) is 29.3 Å². The second-order valence-electron chi connectivity index (χ2n) is 5.06. The van der Waals surface area contributed by atoms with E-state index in [1.165, 1.54) is 0 Å². The Morgan fingerprint density at radius 1 is 1.39 bits per heavy atom. The van der Waals surface area contributed by atoms with Gasteiger partial charge < -0.3 is 4.52 Å². The molecule has 1 N–H and O–H groups in total. The number of halogens is 1. The van der Waals surface area contributed by atoms with E-state index in [1.54, 1.807) is 12.1 Å². The summed E-state index contributed by atoms with van der Waals surface area (Å²) in [7, 11) is -4.68. The second kappa shape index (κ2) is 5.39.